The predicted octanol–water partition coefficient (Wildman–Crippen LogP) is 3.81. The summed E-state index contributed by atoms with van der Waals surface area (Å²) in [6.07, 6.45) is 13.4. The maximum atomic E-state index is 12.1. The summed E-state index contributed by atoms with van der Waals surface area (Å²) in [6.45, 7) is 2.83. The van der Waals surface area contributed by atoms with Crippen molar-refractivity contribution in [3.05, 3.63) is 0 Å². The lowest BCUT2D eigenvalue weighted by atomic mass is 9.78. The number of carbonyl (C=O) groups is 1. The molecule has 1 saturated heterocycles. The number of hydrogen-bond acceptors (Lipinski definition) is 4. The van der Waals surface area contributed by atoms with Crippen LogP contribution in [0.1, 0.15) is 77.6 Å². The fraction of sp³-hybridized carbons (Fsp3) is 0.950. The van der Waals surface area contributed by atoms with E-state index in [4.69, 9.17) is 15.2 Å². The monoisotopic (exact) mass is 337 g/mol. The van der Waals surface area contributed by atoms with Crippen molar-refractivity contribution in [3.8, 4) is 0 Å². The van der Waals surface area contributed by atoms with Crippen molar-refractivity contribution in [2.45, 2.75) is 95.8 Å². The van der Waals surface area contributed by atoms with Crippen LogP contribution >= 0.6 is 0 Å². The third-order valence-corrected chi connectivity index (χ3v) is 6.20. The van der Waals surface area contributed by atoms with Crippen molar-refractivity contribution in [1.82, 2.24) is 0 Å². The van der Waals surface area contributed by atoms with Gasteiger partial charge in [-0.25, -0.2) is 0 Å². The van der Waals surface area contributed by atoms with Crippen molar-refractivity contribution in [2.75, 3.05) is 6.61 Å². The minimum atomic E-state index is -0.468. The van der Waals surface area contributed by atoms with Gasteiger partial charge in [0.25, 0.3) is 0 Å². The quantitative estimate of drug-likeness (QED) is 0.775. The summed E-state index contributed by atoms with van der Waals surface area (Å²) in [5.74, 6) is 1.81. The Bertz CT molecular complexity index is 404. The zero-order chi connectivity index (χ0) is 16.9. The molecule has 138 valence electrons. The largest absolute Gasteiger partial charge is 0.459 e. The van der Waals surface area contributed by atoms with Crippen LogP contribution in [0.2, 0.25) is 0 Å². The van der Waals surface area contributed by atoms with Gasteiger partial charge in [0.1, 0.15) is 12.1 Å². The molecule has 2 aliphatic carbocycles. The van der Waals surface area contributed by atoms with Crippen LogP contribution in [0.4, 0.5) is 0 Å². The first kappa shape index (κ1) is 18.2. The summed E-state index contributed by atoms with van der Waals surface area (Å²) in [4.78, 5) is 12.1. The second-order valence-electron chi connectivity index (χ2n) is 8.42. The van der Waals surface area contributed by atoms with E-state index in [1.807, 2.05) is 6.92 Å². The van der Waals surface area contributed by atoms with E-state index in [0.29, 0.717) is 5.92 Å². The Kier molecular flexibility index (Phi) is 6.56. The molecule has 0 aromatic rings. The van der Waals surface area contributed by atoms with Crippen LogP contribution in [-0.4, -0.2) is 30.8 Å². The fourth-order valence-corrected chi connectivity index (χ4v) is 4.51. The highest BCUT2D eigenvalue weighted by Crippen LogP contribution is 2.36. The van der Waals surface area contributed by atoms with E-state index in [2.05, 4.69) is 0 Å². The first-order valence-electron chi connectivity index (χ1n) is 10.2. The third-order valence-electron chi connectivity index (χ3n) is 6.20. The summed E-state index contributed by atoms with van der Waals surface area (Å²) in [6, 6.07) is -0.468. The Balaban J connectivity index is 1.66. The highest BCUT2D eigenvalue weighted by atomic mass is 16.6. The molecule has 3 aliphatic rings. The van der Waals surface area contributed by atoms with Crippen molar-refractivity contribution >= 4 is 5.97 Å². The van der Waals surface area contributed by atoms with E-state index >= 15 is 0 Å². The summed E-state index contributed by atoms with van der Waals surface area (Å²) in [7, 11) is 0. The number of nitrogens with two attached hydrogens (primary N) is 1. The van der Waals surface area contributed by atoms with Crippen LogP contribution in [-0.2, 0) is 14.3 Å². The van der Waals surface area contributed by atoms with Gasteiger partial charge < -0.3 is 15.2 Å². The van der Waals surface area contributed by atoms with Crippen LogP contribution in [0, 0.1) is 17.8 Å². The van der Waals surface area contributed by atoms with E-state index in [0.717, 1.165) is 37.7 Å². The van der Waals surface area contributed by atoms with Gasteiger partial charge in [0.2, 0.25) is 0 Å². The molecule has 4 atom stereocenters. The Hall–Kier alpha value is -0.610. The molecule has 4 nitrogen and oxygen atoms in total. The van der Waals surface area contributed by atoms with E-state index in [1.54, 1.807) is 0 Å². The minimum Gasteiger partial charge on any atom is -0.459 e. The first-order chi connectivity index (χ1) is 11.6. The summed E-state index contributed by atoms with van der Waals surface area (Å²) in [5.41, 5.74) is 5.97. The molecule has 24 heavy (non-hydrogen) atoms. The van der Waals surface area contributed by atoms with Crippen molar-refractivity contribution < 1.29 is 14.3 Å². The molecule has 2 N–H and O–H groups in total. The molecule has 0 amide bonds. The van der Waals surface area contributed by atoms with Gasteiger partial charge in [-0.05, 0) is 56.8 Å². The van der Waals surface area contributed by atoms with E-state index in [9.17, 15) is 4.79 Å². The summed E-state index contributed by atoms with van der Waals surface area (Å²) >= 11 is 0. The highest BCUT2D eigenvalue weighted by molar-refractivity contribution is 5.75. The molecule has 3 fully saturated rings. The fourth-order valence-electron chi connectivity index (χ4n) is 4.51. The van der Waals surface area contributed by atoms with Crippen LogP contribution in [0.3, 0.4) is 0 Å². The number of cyclic esters (lactones) is 1. The average molecular weight is 338 g/mol. The number of rotatable bonds is 5. The van der Waals surface area contributed by atoms with Gasteiger partial charge in [0.15, 0.2) is 0 Å². The van der Waals surface area contributed by atoms with Gasteiger partial charge in [-0.1, -0.05) is 38.5 Å². The summed E-state index contributed by atoms with van der Waals surface area (Å²) in [5, 5.41) is 0. The van der Waals surface area contributed by atoms with E-state index in [-0.39, 0.29) is 18.2 Å². The molecule has 0 radical (unpaired) electrons. The molecule has 0 bridgehead atoms. The van der Waals surface area contributed by atoms with Crippen LogP contribution < -0.4 is 5.73 Å². The SMILES string of the molecule is C[C@@H]1OC(=O)[C@@H](N)CCC[C@H](CC2CCCCC2)[C@H]1OCC1CC1. The Morgan fingerprint density at radius 2 is 1.75 bits per heavy atom. The lowest BCUT2D eigenvalue weighted by molar-refractivity contribution is -0.160. The lowest BCUT2D eigenvalue weighted by Gasteiger charge is -2.34. The summed E-state index contributed by atoms with van der Waals surface area (Å²) < 4.78 is 12.0. The molecule has 1 aliphatic heterocycles. The number of ether oxygens (including phenoxy) is 2. The van der Waals surface area contributed by atoms with Gasteiger partial charge in [0.05, 0.1) is 6.10 Å². The molecular formula is C20H35NO3. The first-order valence-corrected chi connectivity index (χ1v) is 10.2. The third kappa shape index (κ3) is 5.19. The lowest BCUT2D eigenvalue weighted by Crippen LogP contribution is -2.41. The molecule has 0 aromatic heterocycles. The van der Waals surface area contributed by atoms with Gasteiger partial charge in [-0.15, -0.1) is 0 Å². The molecule has 2 saturated carbocycles. The molecule has 3 rings (SSSR count). The van der Waals surface area contributed by atoms with E-state index in [1.165, 1.54) is 51.4 Å². The van der Waals surface area contributed by atoms with Crippen molar-refractivity contribution in [1.29, 1.82) is 0 Å². The molecule has 0 unspecified atom stereocenters. The maximum absolute atomic E-state index is 12.1. The normalized spacial score (nSPS) is 36.5. The maximum Gasteiger partial charge on any atom is 0.323 e. The van der Waals surface area contributed by atoms with Crippen molar-refractivity contribution in [3.63, 3.8) is 0 Å². The molecule has 1 heterocycles. The molecule has 4 heteroatoms. The Labute approximate surface area is 146 Å². The minimum absolute atomic E-state index is 0.0433. The second kappa shape index (κ2) is 8.66. The number of hydrogen-bond donors (Lipinski definition) is 1. The number of esters is 1. The number of carbonyl (C=O) groups excluding carboxylic acids is 1. The molecule has 0 spiro atoms. The predicted molar refractivity (Wildman–Crippen MR) is 94.5 cm³/mol. The molecular weight excluding hydrogens is 302 g/mol. The second-order valence-corrected chi connectivity index (χ2v) is 8.42. The molecule has 0 aromatic carbocycles. The van der Waals surface area contributed by atoms with Gasteiger partial charge in [-0.3, -0.25) is 4.79 Å². The zero-order valence-electron chi connectivity index (χ0n) is 15.3. The van der Waals surface area contributed by atoms with Crippen LogP contribution in [0.25, 0.3) is 0 Å². The van der Waals surface area contributed by atoms with Gasteiger partial charge >= 0.3 is 5.97 Å². The van der Waals surface area contributed by atoms with Gasteiger partial charge in [0, 0.05) is 6.61 Å². The Morgan fingerprint density at radius 1 is 1.00 bits per heavy atom. The Morgan fingerprint density at radius 3 is 2.46 bits per heavy atom. The van der Waals surface area contributed by atoms with E-state index < -0.39 is 6.04 Å². The highest BCUT2D eigenvalue weighted by Gasteiger charge is 2.36. The topological polar surface area (TPSA) is 61.5 Å². The van der Waals surface area contributed by atoms with Crippen LogP contribution in [0.5, 0.6) is 0 Å². The van der Waals surface area contributed by atoms with Gasteiger partial charge in [-0.2, -0.15) is 0 Å². The smallest absolute Gasteiger partial charge is 0.323 e. The zero-order valence-corrected chi connectivity index (χ0v) is 15.3. The standard InChI is InChI=1S/C20H35NO3/c1-14-19(23-13-16-10-11-16)17(12-15-6-3-2-4-7-15)8-5-9-18(21)20(22)24-14/h14-19H,2-13,21H2,1H3/t14-,17+,18-,19-/m0/s1. The van der Waals surface area contributed by atoms with Crippen LogP contribution in [0.15, 0.2) is 0 Å². The average Bonchev–Trinajstić information content (AvgIpc) is 3.38. The van der Waals surface area contributed by atoms with Crippen molar-refractivity contribution in [2.24, 2.45) is 23.5 Å².